The number of fused-ring (bicyclic) bond motifs is 4. The zero-order valence-electron chi connectivity index (χ0n) is 28.2. The van der Waals surface area contributed by atoms with Crippen molar-refractivity contribution < 1.29 is 31.8 Å². The van der Waals surface area contributed by atoms with Gasteiger partial charge in [-0.15, -0.1) is 0 Å². The Balaban J connectivity index is 1.63. The van der Waals surface area contributed by atoms with Gasteiger partial charge in [0.25, 0.3) is 0 Å². The molecule has 0 saturated carbocycles. The summed E-state index contributed by atoms with van der Waals surface area (Å²) in [7, 11) is -2.23. The number of halogens is 3. The smallest absolute Gasteiger partial charge is 0.410 e. The summed E-state index contributed by atoms with van der Waals surface area (Å²) in [4.78, 5) is 5.52. The molecule has 250 valence electrons. The van der Waals surface area contributed by atoms with E-state index < -0.39 is 37.3 Å². The van der Waals surface area contributed by atoms with E-state index in [-0.39, 0.29) is 22.5 Å². The van der Waals surface area contributed by atoms with Crippen LogP contribution < -0.4 is 0 Å². The molecule has 6 nitrogen and oxygen atoms in total. The van der Waals surface area contributed by atoms with Crippen LogP contribution in [-0.4, -0.2) is 39.7 Å². The van der Waals surface area contributed by atoms with Crippen LogP contribution in [0.1, 0.15) is 130 Å². The number of aromatic nitrogens is 1. The lowest BCUT2D eigenvalue weighted by Crippen LogP contribution is -2.45. The molecule has 2 aromatic rings. The Kier molecular flexibility index (Phi) is 8.54. The topological polar surface area (TPSA) is 73.6 Å². The highest BCUT2D eigenvalue weighted by Gasteiger charge is 2.54. The molecule has 1 aromatic carbocycles. The van der Waals surface area contributed by atoms with Gasteiger partial charge in [0.15, 0.2) is 8.32 Å². The summed E-state index contributed by atoms with van der Waals surface area (Å²) in [5.41, 5.74) is 3.69. The van der Waals surface area contributed by atoms with Crippen LogP contribution in [0.2, 0.25) is 18.1 Å². The zero-order valence-corrected chi connectivity index (χ0v) is 29.2. The number of benzene rings is 1. The van der Waals surface area contributed by atoms with Gasteiger partial charge >= 0.3 is 6.18 Å². The van der Waals surface area contributed by atoms with Gasteiger partial charge in [-0.3, -0.25) is 4.98 Å². The Morgan fingerprint density at radius 2 is 1.65 bits per heavy atom. The van der Waals surface area contributed by atoms with Gasteiger partial charge in [0, 0.05) is 62.0 Å². The molecule has 0 radical (unpaired) electrons. The molecule has 2 unspecified atom stereocenters. The van der Waals surface area contributed by atoms with Gasteiger partial charge in [-0.25, -0.2) is 0 Å². The second kappa shape index (κ2) is 11.7. The minimum absolute atomic E-state index is 0.00326. The third-order valence-electron chi connectivity index (χ3n) is 11.1. The fourth-order valence-electron chi connectivity index (χ4n) is 7.68. The molecule has 2 fully saturated rings. The zero-order chi connectivity index (χ0) is 33.3. The van der Waals surface area contributed by atoms with Crippen molar-refractivity contribution >= 4 is 8.32 Å². The third-order valence-corrected chi connectivity index (χ3v) is 15.6. The van der Waals surface area contributed by atoms with E-state index >= 15 is 0 Å². The van der Waals surface area contributed by atoms with Crippen molar-refractivity contribution in [1.29, 1.82) is 5.26 Å². The first-order valence-electron chi connectivity index (χ1n) is 16.7. The van der Waals surface area contributed by atoms with Gasteiger partial charge in [0.1, 0.15) is 6.10 Å². The summed E-state index contributed by atoms with van der Waals surface area (Å²) in [5, 5.41) is 9.81. The molecule has 0 amide bonds. The Labute approximate surface area is 272 Å². The lowest BCUT2D eigenvalue weighted by molar-refractivity contribution is -0.138. The average molecular weight is 657 g/mol. The molecular weight excluding hydrogens is 609 g/mol. The SMILES string of the molecule is CC1(C)Cc2nc(C3CCOCC3)c3c(c2C(O[Si](C)(C)C(C)(C)C)C1)C1(CCOCC1)OC3c1ccc(C(F)(F)F)c(C#N)c1. The molecule has 6 rings (SSSR count). The molecule has 3 aliphatic heterocycles. The number of hydrogen-bond acceptors (Lipinski definition) is 6. The maximum absolute atomic E-state index is 13.9. The number of hydrogen-bond donors (Lipinski definition) is 0. The Morgan fingerprint density at radius 1 is 1.00 bits per heavy atom. The number of rotatable bonds is 4. The van der Waals surface area contributed by atoms with Crippen LogP contribution in [0.5, 0.6) is 0 Å². The fraction of sp³-hybridized carbons (Fsp3) is 0.667. The summed E-state index contributed by atoms with van der Waals surface area (Å²) in [6, 6.07) is 5.68. The second-order valence-corrected chi connectivity index (χ2v) is 20.7. The Bertz CT molecular complexity index is 1530. The predicted molar refractivity (Wildman–Crippen MR) is 171 cm³/mol. The van der Waals surface area contributed by atoms with Gasteiger partial charge in [-0.05, 0) is 72.5 Å². The van der Waals surface area contributed by atoms with Crippen LogP contribution in [-0.2, 0) is 36.8 Å². The highest BCUT2D eigenvalue weighted by atomic mass is 28.4. The molecule has 0 bridgehead atoms. The van der Waals surface area contributed by atoms with Crippen LogP contribution in [0.15, 0.2) is 18.2 Å². The summed E-state index contributed by atoms with van der Waals surface area (Å²) in [6.07, 6.45) is -0.961. The standard InChI is InChI=1S/C36H47F3N2O4Si/c1-33(2,3)46(6,7)45-27-20-34(4,5)19-26-28(27)30-29(31(41-26)22-10-14-42-15-11-22)32(44-35(30)12-16-43-17-13-35)23-8-9-25(36(37,38)39)24(18-23)21-40/h8-9,18,22,27,32H,10-17,19-20H2,1-7H3. The number of alkyl halides is 3. The molecule has 10 heteroatoms. The molecule has 4 aliphatic rings. The van der Waals surface area contributed by atoms with Crippen molar-refractivity contribution in [2.45, 2.75) is 121 Å². The molecular formula is C36H47F3N2O4Si. The monoisotopic (exact) mass is 656 g/mol. The molecule has 1 aliphatic carbocycles. The van der Waals surface area contributed by atoms with E-state index in [9.17, 15) is 18.4 Å². The van der Waals surface area contributed by atoms with Crippen molar-refractivity contribution in [3.63, 3.8) is 0 Å². The lowest BCUT2D eigenvalue weighted by atomic mass is 9.69. The van der Waals surface area contributed by atoms with Gasteiger partial charge in [-0.2, -0.15) is 18.4 Å². The second-order valence-electron chi connectivity index (χ2n) is 16.0. The van der Waals surface area contributed by atoms with Crippen LogP contribution in [0.25, 0.3) is 0 Å². The first-order valence-corrected chi connectivity index (χ1v) is 19.6. The average Bonchev–Trinajstić information content (AvgIpc) is 3.29. The fourth-order valence-corrected chi connectivity index (χ4v) is 8.94. The van der Waals surface area contributed by atoms with Crippen LogP contribution in [0.4, 0.5) is 13.2 Å². The van der Waals surface area contributed by atoms with E-state index in [2.05, 4.69) is 47.7 Å². The van der Waals surface area contributed by atoms with Gasteiger partial charge < -0.3 is 18.6 Å². The van der Waals surface area contributed by atoms with Crippen LogP contribution in [0, 0.1) is 16.7 Å². The number of pyridine rings is 1. The van der Waals surface area contributed by atoms with E-state index in [4.69, 9.17) is 23.6 Å². The normalized spacial score (nSPS) is 24.8. The van der Waals surface area contributed by atoms with Crippen LogP contribution in [0.3, 0.4) is 0 Å². The van der Waals surface area contributed by atoms with E-state index in [1.54, 1.807) is 6.07 Å². The Morgan fingerprint density at radius 3 is 2.26 bits per heavy atom. The van der Waals surface area contributed by atoms with Gasteiger partial charge in [-0.1, -0.05) is 40.7 Å². The summed E-state index contributed by atoms with van der Waals surface area (Å²) in [5.74, 6) is 0.128. The molecule has 46 heavy (non-hydrogen) atoms. The molecule has 1 aromatic heterocycles. The largest absolute Gasteiger partial charge is 0.417 e. The number of nitriles is 1. The van der Waals surface area contributed by atoms with E-state index in [0.717, 1.165) is 59.8 Å². The highest BCUT2D eigenvalue weighted by Crippen LogP contribution is 2.59. The minimum atomic E-state index is -4.63. The summed E-state index contributed by atoms with van der Waals surface area (Å²) < 4.78 is 67.7. The lowest BCUT2D eigenvalue weighted by Gasteiger charge is -2.46. The van der Waals surface area contributed by atoms with Crippen molar-refractivity contribution in [1.82, 2.24) is 4.98 Å². The van der Waals surface area contributed by atoms with Gasteiger partial charge in [0.2, 0.25) is 0 Å². The Hall–Kier alpha value is -2.29. The summed E-state index contributed by atoms with van der Waals surface area (Å²) in [6.45, 7) is 18.2. The third kappa shape index (κ3) is 5.96. The molecule has 2 saturated heterocycles. The van der Waals surface area contributed by atoms with E-state index in [1.807, 2.05) is 0 Å². The molecule has 2 atom stereocenters. The van der Waals surface area contributed by atoms with Crippen molar-refractivity contribution in [3.8, 4) is 6.07 Å². The number of nitrogens with zero attached hydrogens (tertiary/aromatic N) is 2. The predicted octanol–water partition coefficient (Wildman–Crippen LogP) is 9.03. The molecule has 4 heterocycles. The first kappa shape index (κ1) is 33.6. The maximum atomic E-state index is 13.9. The van der Waals surface area contributed by atoms with Gasteiger partial charge in [0.05, 0.1) is 34.6 Å². The number of ether oxygens (including phenoxy) is 3. The minimum Gasteiger partial charge on any atom is -0.410 e. The van der Waals surface area contributed by atoms with E-state index in [1.165, 1.54) is 12.1 Å². The quantitative estimate of drug-likeness (QED) is 0.306. The van der Waals surface area contributed by atoms with E-state index in [0.29, 0.717) is 44.8 Å². The first-order chi connectivity index (χ1) is 21.5. The van der Waals surface area contributed by atoms with Crippen LogP contribution >= 0.6 is 0 Å². The maximum Gasteiger partial charge on any atom is 0.417 e. The molecule has 1 spiro atoms. The van der Waals surface area contributed by atoms with Crippen molar-refractivity contribution in [2.75, 3.05) is 26.4 Å². The molecule has 0 N–H and O–H groups in total. The van der Waals surface area contributed by atoms with Crippen molar-refractivity contribution in [3.05, 3.63) is 63.0 Å². The van der Waals surface area contributed by atoms with Crippen molar-refractivity contribution in [2.24, 2.45) is 5.41 Å². The summed E-state index contributed by atoms with van der Waals surface area (Å²) >= 11 is 0. The highest BCUT2D eigenvalue weighted by molar-refractivity contribution is 6.74.